The molecule has 0 atom stereocenters. The van der Waals surface area contributed by atoms with Gasteiger partial charge in [0.2, 0.25) is 0 Å². The highest BCUT2D eigenvalue weighted by molar-refractivity contribution is 5.97. The lowest BCUT2D eigenvalue weighted by atomic mass is 9.96. The van der Waals surface area contributed by atoms with Crippen LogP contribution in [0.5, 0.6) is 5.75 Å². The molecule has 3 aromatic rings. The van der Waals surface area contributed by atoms with Gasteiger partial charge >= 0.3 is 0 Å². The van der Waals surface area contributed by atoms with Crippen LogP contribution in [0, 0.1) is 0 Å². The van der Waals surface area contributed by atoms with E-state index in [0.717, 1.165) is 22.9 Å². The Hall–Kier alpha value is -2.28. The molecule has 0 heterocycles. The molecule has 3 rings (SSSR count). The van der Waals surface area contributed by atoms with Crippen LogP contribution < -0.4 is 0 Å². The Morgan fingerprint density at radius 1 is 0.864 bits per heavy atom. The number of fused-ring (bicyclic) bond motifs is 1. The van der Waals surface area contributed by atoms with Gasteiger partial charge < -0.3 is 5.11 Å². The minimum atomic E-state index is 0.320. The molecule has 3 aromatic carbocycles. The van der Waals surface area contributed by atoms with Crippen LogP contribution in [0.3, 0.4) is 0 Å². The Kier molecular flexibility index (Phi) is 4.43. The van der Waals surface area contributed by atoms with Gasteiger partial charge in [-0.25, -0.2) is 0 Å². The van der Waals surface area contributed by atoms with Crippen molar-refractivity contribution in [2.45, 2.75) is 32.6 Å². The van der Waals surface area contributed by atoms with Gasteiger partial charge in [0.1, 0.15) is 5.75 Å². The first-order valence-electron chi connectivity index (χ1n) is 8.09. The highest BCUT2D eigenvalue weighted by Crippen LogP contribution is 2.32. The molecular weight excluding hydrogens is 268 g/mol. The van der Waals surface area contributed by atoms with Crippen LogP contribution in [0.4, 0.5) is 0 Å². The molecule has 0 bridgehead atoms. The summed E-state index contributed by atoms with van der Waals surface area (Å²) in [5.41, 5.74) is 3.64. The van der Waals surface area contributed by atoms with E-state index < -0.39 is 0 Å². The first-order chi connectivity index (χ1) is 10.8. The Bertz CT molecular complexity index is 756. The summed E-state index contributed by atoms with van der Waals surface area (Å²) >= 11 is 0. The van der Waals surface area contributed by atoms with Gasteiger partial charge in [-0.2, -0.15) is 0 Å². The van der Waals surface area contributed by atoms with E-state index in [4.69, 9.17) is 0 Å². The first kappa shape index (κ1) is 14.6. The van der Waals surface area contributed by atoms with Crippen LogP contribution in [0.15, 0.2) is 60.7 Å². The highest BCUT2D eigenvalue weighted by Gasteiger charge is 2.06. The van der Waals surface area contributed by atoms with Crippen LogP contribution in [0.25, 0.3) is 21.9 Å². The highest BCUT2D eigenvalue weighted by atomic mass is 16.3. The molecule has 0 amide bonds. The Morgan fingerprint density at radius 2 is 1.64 bits per heavy atom. The lowest BCUT2D eigenvalue weighted by molar-refractivity contribution is 0.476. The van der Waals surface area contributed by atoms with Crippen LogP contribution in [0.1, 0.15) is 31.7 Å². The summed E-state index contributed by atoms with van der Waals surface area (Å²) in [6, 6.07) is 20.6. The number of unbranched alkanes of at least 4 members (excludes halogenated alkanes) is 2. The molecule has 1 N–H and O–H groups in total. The van der Waals surface area contributed by atoms with Gasteiger partial charge in [0, 0.05) is 0 Å². The fourth-order valence-corrected chi connectivity index (χ4v) is 2.96. The van der Waals surface area contributed by atoms with Gasteiger partial charge in [-0.1, -0.05) is 68.3 Å². The molecule has 0 aliphatic rings. The largest absolute Gasteiger partial charge is 0.508 e. The molecular formula is C21H22O. The molecule has 0 aliphatic heterocycles. The zero-order chi connectivity index (χ0) is 15.4. The average molecular weight is 290 g/mol. The first-order valence-corrected chi connectivity index (χ1v) is 8.09. The number of benzene rings is 3. The van der Waals surface area contributed by atoms with Gasteiger partial charge in [0.05, 0.1) is 0 Å². The third kappa shape index (κ3) is 3.14. The second-order valence-electron chi connectivity index (χ2n) is 5.87. The summed E-state index contributed by atoms with van der Waals surface area (Å²) in [6.07, 6.45) is 4.95. The van der Waals surface area contributed by atoms with Gasteiger partial charge in [0.25, 0.3) is 0 Å². The predicted molar refractivity (Wildman–Crippen MR) is 94.3 cm³/mol. The molecule has 0 saturated heterocycles. The summed E-state index contributed by atoms with van der Waals surface area (Å²) in [4.78, 5) is 0. The molecule has 0 aliphatic carbocycles. The number of hydrogen-bond donors (Lipinski definition) is 1. The number of aromatic hydroxyl groups is 1. The van der Waals surface area contributed by atoms with Crippen LogP contribution in [0.2, 0.25) is 0 Å². The molecule has 0 saturated carbocycles. The fourth-order valence-electron chi connectivity index (χ4n) is 2.96. The van der Waals surface area contributed by atoms with E-state index in [1.54, 1.807) is 0 Å². The predicted octanol–water partition coefficient (Wildman–Crippen LogP) is 5.95. The zero-order valence-corrected chi connectivity index (χ0v) is 13.0. The maximum atomic E-state index is 9.97. The third-order valence-electron chi connectivity index (χ3n) is 4.18. The second kappa shape index (κ2) is 6.65. The molecule has 0 fully saturated rings. The molecule has 0 unspecified atom stereocenters. The average Bonchev–Trinajstić information content (AvgIpc) is 2.55. The second-order valence-corrected chi connectivity index (χ2v) is 5.87. The van der Waals surface area contributed by atoms with E-state index in [0.29, 0.717) is 5.75 Å². The maximum absolute atomic E-state index is 9.97. The van der Waals surface area contributed by atoms with Crippen LogP contribution in [-0.2, 0) is 6.42 Å². The summed E-state index contributed by atoms with van der Waals surface area (Å²) in [7, 11) is 0. The van der Waals surface area contributed by atoms with Crippen molar-refractivity contribution in [3.05, 3.63) is 66.2 Å². The van der Waals surface area contributed by atoms with E-state index in [-0.39, 0.29) is 0 Å². The molecule has 112 valence electrons. The molecule has 0 aromatic heterocycles. The lowest BCUT2D eigenvalue weighted by Gasteiger charge is -2.09. The van der Waals surface area contributed by atoms with Crippen molar-refractivity contribution in [2.24, 2.45) is 0 Å². The molecule has 1 nitrogen and oxygen atoms in total. The van der Waals surface area contributed by atoms with Crippen molar-refractivity contribution in [1.82, 2.24) is 0 Å². The smallest absolute Gasteiger partial charge is 0.116 e. The van der Waals surface area contributed by atoms with Crippen molar-refractivity contribution >= 4 is 10.8 Å². The van der Waals surface area contributed by atoms with E-state index >= 15 is 0 Å². The van der Waals surface area contributed by atoms with Crippen LogP contribution in [-0.4, -0.2) is 5.11 Å². The number of phenolic OH excluding ortho intramolecular Hbond substituents is 1. The van der Waals surface area contributed by atoms with Gasteiger partial charge in [-0.3, -0.25) is 0 Å². The monoisotopic (exact) mass is 290 g/mol. The Balaban J connectivity index is 1.94. The number of rotatable bonds is 5. The SMILES string of the molecule is CCCCCc1ccc(-c2cc(O)cc3ccccc23)cc1. The van der Waals surface area contributed by atoms with E-state index in [9.17, 15) is 5.11 Å². The normalized spacial score (nSPS) is 11.0. The van der Waals surface area contributed by atoms with Crippen molar-refractivity contribution < 1.29 is 5.11 Å². The van der Waals surface area contributed by atoms with E-state index in [1.165, 1.54) is 30.2 Å². The Labute approximate surface area is 132 Å². The van der Waals surface area contributed by atoms with E-state index in [2.05, 4.69) is 37.3 Å². The van der Waals surface area contributed by atoms with Crippen molar-refractivity contribution in [2.75, 3.05) is 0 Å². The molecule has 0 spiro atoms. The minimum Gasteiger partial charge on any atom is -0.508 e. The quantitative estimate of drug-likeness (QED) is 0.576. The lowest BCUT2D eigenvalue weighted by Crippen LogP contribution is -1.87. The summed E-state index contributed by atoms with van der Waals surface area (Å²) in [5, 5.41) is 12.2. The van der Waals surface area contributed by atoms with Gasteiger partial charge in [-0.05, 0) is 52.4 Å². The summed E-state index contributed by atoms with van der Waals surface area (Å²) in [5.74, 6) is 0.320. The summed E-state index contributed by atoms with van der Waals surface area (Å²) < 4.78 is 0. The topological polar surface area (TPSA) is 20.2 Å². The number of aryl methyl sites for hydroxylation is 1. The minimum absolute atomic E-state index is 0.320. The van der Waals surface area contributed by atoms with Crippen molar-refractivity contribution in [3.8, 4) is 16.9 Å². The number of phenols is 1. The van der Waals surface area contributed by atoms with Crippen molar-refractivity contribution in [1.29, 1.82) is 0 Å². The molecule has 0 radical (unpaired) electrons. The zero-order valence-electron chi connectivity index (χ0n) is 13.0. The maximum Gasteiger partial charge on any atom is 0.116 e. The number of hydrogen-bond acceptors (Lipinski definition) is 1. The molecule has 1 heteroatoms. The third-order valence-corrected chi connectivity index (χ3v) is 4.18. The molecule has 22 heavy (non-hydrogen) atoms. The Morgan fingerprint density at radius 3 is 2.41 bits per heavy atom. The van der Waals surface area contributed by atoms with Gasteiger partial charge in [-0.15, -0.1) is 0 Å². The fraction of sp³-hybridized carbons (Fsp3) is 0.238. The van der Waals surface area contributed by atoms with Crippen LogP contribution >= 0.6 is 0 Å². The van der Waals surface area contributed by atoms with Crippen molar-refractivity contribution in [3.63, 3.8) is 0 Å². The standard InChI is InChI=1S/C21H22O/c1-2-3-4-7-16-10-12-17(13-11-16)21-15-19(22)14-18-8-5-6-9-20(18)21/h5-6,8-15,22H,2-4,7H2,1H3. The van der Waals surface area contributed by atoms with E-state index in [1.807, 2.05) is 30.3 Å². The summed E-state index contributed by atoms with van der Waals surface area (Å²) in [6.45, 7) is 2.23. The van der Waals surface area contributed by atoms with Gasteiger partial charge in [0.15, 0.2) is 0 Å².